The van der Waals surface area contributed by atoms with Gasteiger partial charge in [-0.05, 0) is 44.3 Å². The van der Waals surface area contributed by atoms with Gasteiger partial charge >= 0.3 is 0 Å². The van der Waals surface area contributed by atoms with Crippen LogP contribution >= 0.6 is 0 Å². The minimum absolute atomic E-state index is 0.0149. The van der Waals surface area contributed by atoms with Crippen molar-refractivity contribution in [2.75, 3.05) is 26.2 Å². The highest BCUT2D eigenvalue weighted by molar-refractivity contribution is 5.89. The predicted octanol–water partition coefficient (Wildman–Crippen LogP) is 1.71. The highest BCUT2D eigenvalue weighted by atomic mass is 16.2. The normalized spacial score (nSPS) is 25.0. The van der Waals surface area contributed by atoms with Crippen LogP contribution in [-0.2, 0) is 9.59 Å². The van der Waals surface area contributed by atoms with Crippen molar-refractivity contribution >= 4 is 11.8 Å². The van der Waals surface area contributed by atoms with Crippen LogP contribution < -0.4 is 10.6 Å². The van der Waals surface area contributed by atoms with E-state index >= 15 is 0 Å². The second-order valence-electron chi connectivity index (χ2n) is 6.97. The maximum Gasteiger partial charge on any atom is 0.225 e. The molecule has 0 bridgehead atoms. The van der Waals surface area contributed by atoms with Gasteiger partial charge in [0, 0.05) is 19.5 Å². The molecule has 2 fully saturated rings. The molecule has 0 saturated carbocycles. The average Bonchev–Trinajstić information content (AvgIpc) is 3.24. The minimum atomic E-state index is -0.217. The molecule has 2 amide bonds. The van der Waals surface area contributed by atoms with E-state index in [-0.39, 0.29) is 23.8 Å². The molecule has 1 aromatic carbocycles. The molecule has 2 aliphatic rings. The van der Waals surface area contributed by atoms with Crippen LogP contribution in [0.25, 0.3) is 0 Å². The van der Waals surface area contributed by atoms with Crippen LogP contribution in [0.15, 0.2) is 30.3 Å². The molecule has 3 atom stereocenters. The maximum atomic E-state index is 12.4. The first-order chi connectivity index (χ1) is 11.6. The molecule has 0 aromatic heterocycles. The molecule has 130 valence electrons. The van der Waals surface area contributed by atoms with E-state index in [1.165, 1.54) is 6.42 Å². The van der Waals surface area contributed by atoms with Crippen molar-refractivity contribution in [1.29, 1.82) is 0 Å². The lowest BCUT2D eigenvalue weighted by atomic mass is 10.0. The Hall–Kier alpha value is -1.88. The predicted molar refractivity (Wildman–Crippen MR) is 93.3 cm³/mol. The lowest BCUT2D eigenvalue weighted by molar-refractivity contribution is -0.130. The van der Waals surface area contributed by atoms with E-state index in [0.29, 0.717) is 25.4 Å². The number of hydrogen-bond donors (Lipinski definition) is 2. The maximum absolute atomic E-state index is 12.4. The second kappa shape index (κ2) is 7.79. The average molecular weight is 329 g/mol. The summed E-state index contributed by atoms with van der Waals surface area (Å²) in [6.45, 7) is 5.40. The highest BCUT2D eigenvalue weighted by Crippen LogP contribution is 2.28. The molecule has 1 aromatic rings. The molecule has 2 heterocycles. The molecule has 3 rings (SSSR count). The van der Waals surface area contributed by atoms with Crippen molar-refractivity contribution in [2.45, 2.75) is 32.2 Å². The highest BCUT2D eigenvalue weighted by Gasteiger charge is 2.36. The molecular formula is C19H27N3O2. The fourth-order valence-corrected chi connectivity index (χ4v) is 3.70. The molecule has 3 unspecified atom stereocenters. The molecule has 5 nitrogen and oxygen atoms in total. The quantitative estimate of drug-likeness (QED) is 0.835. The largest absolute Gasteiger partial charge is 0.356 e. The van der Waals surface area contributed by atoms with Crippen LogP contribution in [0.2, 0.25) is 0 Å². The number of carbonyl (C=O) groups excluding carboxylic acids is 2. The summed E-state index contributed by atoms with van der Waals surface area (Å²) < 4.78 is 0. The first-order valence-corrected chi connectivity index (χ1v) is 8.98. The minimum Gasteiger partial charge on any atom is -0.356 e. The summed E-state index contributed by atoms with van der Waals surface area (Å²) in [5, 5.41) is 6.37. The number of nitrogens with zero attached hydrogens (tertiary/aromatic N) is 1. The van der Waals surface area contributed by atoms with Crippen LogP contribution in [-0.4, -0.2) is 42.9 Å². The lowest BCUT2D eigenvalue weighted by Gasteiger charge is -2.25. The number of amides is 2. The Kier molecular flexibility index (Phi) is 5.51. The van der Waals surface area contributed by atoms with Crippen LogP contribution in [0.4, 0.5) is 0 Å². The van der Waals surface area contributed by atoms with Gasteiger partial charge in [-0.1, -0.05) is 30.3 Å². The summed E-state index contributed by atoms with van der Waals surface area (Å²) in [6, 6.07) is 10.0. The third kappa shape index (κ3) is 3.96. The van der Waals surface area contributed by atoms with Gasteiger partial charge in [0.05, 0.1) is 12.0 Å². The summed E-state index contributed by atoms with van der Waals surface area (Å²) in [6.07, 6.45) is 2.54. The Labute approximate surface area is 143 Å². The van der Waals surface area contributed by atoms with Gasteiger partial charge in [-0.25, -0.2) is 0 Å². The van der Waals surface area contributed by atoms with E-state index in [9.17, 15) is 9.59 Å². The molecule has 0 aliphatic carbocycles. The van der Waals surface area contributed by atoms with E-state index in [1.54, 1.807) is 0 Å². The fourth-order valence-electron chi connectivity index (χ4n) is 3.70. The van der Waals surface area contributed by atoms with Gasteiger partial charge in [0.25, 0.3) is 0 Å². The number of likely N-dealkylation sites (tertiary alicyclic amines) is 1. The Morgan fingerprint density at radius 2 is 2.17 bits per heavy atom. The van der Waals surface area contributed by atoms with E-state index in [1.807, 2.05) is 42.2 Å². The van der Waals surface area contributed by atoms with Gasteiger partial charge in [0.2, 0.25) is 11.8 Å². The van der Waals surface area contributed by atoms with Crippen molar-refractivity contribution in [3.8, 4) is 0 Å². The van der Waals surface area contributed by atoms with Crippen molar-refractivity contribution in [3.63, 3.8) is 0 Å². The van der Waals surface area contributed by atoms with Crippen LogP contribution in [0.1, 0.15) is 37.8 Å². The van der Waals surface area contributed by atoms with Gasteiger partial charge in [-0.15, -0.1) is 0 Å². The Bertz CT molecular complexity index is 569. The van der Waals surface area contributed by atoms with Crippen molar-refractivity contribution in [2.24, 2.45) is 11.8 Å². The van der Waals surface area contributed by atoms with E-state index < -0.39 is 0 Å². The Morgan fingerprint density at radius 1 is 1.38 bits per heavy atom. The van der Waals surface area contributed by atoms with Gasteiger partial charge < -0.3 is 15.5 Å². The van der Waals surface area contributed by atoms with Crippen LogP contribution in [0.5, 0.6) is 0 Å². The summed E-state index contributed by atoms with van der Waals surface area (Å²) in [7, 11) is 0. The second-order valence-corrected chi connectivity index (χ2v) is 6.97. The summed E-state index contributed by atoms with van der Waals surface area (Å²) in [4.78, 5) is 26.5. The number of benzene rings is 1. The lowest BCUT2D eigenvalue weighted by Crippen LogP contribution is -2.34. The molecule has 24 heavy (non-hydrogen) atoms. The van der Waals surface area contributed by atoms with Crippen LogP contribution in [0, 0.1) is 11.8 Å². The standard InChI is InChI=1S/C19H27N3O2/c1-14(16-5-3-2-4-6-16)22-13-17(11-18(22)23)19(24)21-10-8-15-7-9-20-12-15/h2-6,14-15,17,20H,7-13H2,1H3,(H,21,24). The molecule has 2 N–H and O–H groups in total. The first kappa shape index (κ1) is 17.0. The molecule has 2 aliphatic heterocycles. The zero-order chi connectivity index (χ0) is 16.9. The molecule has 0 spiro atoms. The zero-order valence-electron chi connectivity index (χ0n) is 14.3. The topological polar surface area (TPSA) is 61.4 Å². The molecule has 5 heteroatoms. The third-order valence-electron chi connectivity index (χ3n) is 5.29. The van der Waals surface area contributed by atoms with Crippen molar-refractivity contribution in [1.82, 2.24) is 15.5 Å². The fraction of sp³-hybridized carbons (Fsp3) is 0.579. The number of nitrogens with one attached hydrogen (secondary N) is 2. The summed E-state index contributed by atoms with van der Waals surface area (Å²) >= 11 is 0. The van der Waals surface area contributed by atoms with E-state index in [2.05, 4.69) is 10.6 Å². The zero-order valence-corrected chi connectivity index (χ0v) is 14.3. The molecular weight excluding hydrogens is 302 g/mol. The third-order valence-corrected chi connectivity index (χ3v) is 5.29. The number of hydrogen-bond acceptors (Lipinski definition) is 3. The van der Waals surface area contributed by atoms with Crippen molar-refractivity contribution in [3.05, 3.63) is 35.9 Å². The van der Waals surface area contributed by atoms with E-state index in [4.69, 9.17) is 0 Å². The molecule has 0 radical (unpaired) electrons. The summed E-state index contributed by atoms with van der Waals surface area (Å²) in [5.41, 5.74) is 1.11. The SMILES string of the molecule is CC(c1ccccc1)N1CC(C(=O)NCCC2CCNC2)CC1=O. The Balaban J connectivity index is 1.49. The monoisotopic (exact) mass is 329 g/mol. The number of rotatable bonds is 6. The van der Waals surface area contributed by atoms with Gasteiger partial charge in [-0.3, -0.25) is 9.59 Å². The van der Waals surface area contributed by atoms with Crippen molar-refractivity contribution < 1.29 is 9.59 Å². The smallest absolute Gasteiger partial charge is 0.225 e. The van der Waals surface area contributed by atoms with Gasteiger partial charge in [-0.2, -0.15) is 0 Å². The first-order valence-electron chi connectivity index (χ1n) is 8.98. The van der Waals surface area contributed by atoms with Gasteiger partial charge in [0.15, 0.2) is 0 Å². The van der Waals surface area contributed by atoms with Crippen LogP contribution in [0.3, 0.4) is 0 Å². The Morgan fingerprint density at radius 3 is 2.88 bits per heavy atom. The summed E-state index contributed by atoms with van der Waals surface area (Å²) in [5.74, 6) is 0.555. The molecule has 2 saturated heterocycles. The van der Waals surface area contributed by atoms with E-state index in [0.717, 1.165) is 25.1 Å². The van der Waals surface area contributed by atoms with Gasteiger partial charge in [0.1, 0.15) is 0 Å². The number of carbonyl (C=O) groups is 2.